The first-order valence-corrected chi connectivity index (χ1v) is 6.73. The Hall–Kier alpha value is -3.13. The first-order chi connectivity index (χ1) is 11.1. The number of rotatable bonds is 4. The lowest BCUT2D eigenvalue weighted by molar-refractivity contribution is 0.0990. The van der Waals surface area contributed by atoms with Crippen LogP contribution in [-0.4, -0.2) is 21.8 Å². The van der Waals surface area contributed by atoms with Crippen LogP contribution in [0.5, 0.6) is 0 Å². The van der Waals surface area contributed by atoms with Gasteiger partial charge in [0.15, 0.2) is 11.5 Å². The van der Waals surface area contributed by atoms with Gasteiger partial charge < -0.3 is 14.2 Å². The van der Waals surface area contributed by atoms with Gasteiger partial charge in [0.1, 0.15) is 11.4 Å². The minimum absolute atomic E-state index is 0.00491. The first-order valence-electron chi connectivity index (χ1n) is 6.35. The summed E-state index contributed by atoms with van der Waals surface area (Å²) in [6, 6.07) is 6.07. The molecule has 0 saturated carbocycles. The van der Waals surface area contributed by atoms with E-state index in [1.165, 1.54) is 24.6 Å². The normalized spacial score (nSPS) is 10.3. The minimum Gasteiger partial charge on any atom is -0.459 e. The Morgan fingerprint density at radius 2 is 1.96 bits per heavy atom. The highest BCUT2D eigenvalue weighted by atomic mass is 35.5. The molecule has 9 heteroatoms. The van der Waals surface area contributed by atoms with E-state index in [2.05, 4.69) is 20.6 Å². The summed E-state index contributed by atoms with van der Waals surface area (Å²) >= 11 is 5.66. The van der Waals surface area contributed by atoms with Gasteiger partial charge in [-0.25, -0.2) is 4.98 Å². The van der Waals surface area contributed by atoms with Crippen LogP contribution in [0.1, 0.15) is 21.0 Å². The minimum atomic E-state index is -0.536. The van der Waals surface area contributed by atoms with Crippen molar-refractivity contribution in [1.29, 1.82) is 0 Å². The number of nitrogens with one attached hydrogen (secondary N) is 2. The fourth-order valence-corrected chi connectivity index (χ4v) is 1.76. The van der Waals surface area contributed by atoms with Crippen LogP contribution in [0.2, 0.25) is 5.15 Å². The average molecular weight is 333 g/mol. The Morgan fingerprint density at radius 1 is 1.09 bits per heavy atom. The number of aromatic nitrogens is 2. The highest BCUT2D eigenvalue weighted by molar-refractivity contribution is 6.29. The lowest BCUT2D eigenvalue weighted by Gasteiger charge is -2.01. The highest BCUT2D eigenvalue weighted by Crippen LogP contribution is 2.13. The van der Waals surface area contributed by atoms with Crippen LogP contribution >= 0.6 is 11.6 Å². The van der Waals surface area contributed by atoms with E-state index in [0.29, 0.717) is 10.8 Å². The Labute approximate surface area is 134 Å². The number of hydrogen-bond acceptors (Lipinski definition) is 6. The smallest absolute Gasteiger partial charge is 0.302 e. The van der Waals surface area contributed by atoms with E-state index < -0.39 is 11.8 Å². The lowest BCUT2D eigenvalue weighted by Crippen LogP contribution is -2.14. The molecule has 0 saturated heterocycles. The zero-order chi connectivity index (χ0) is 16.2. The third-order valence-corrected chi connectivity index (χ3v) is 2.91. The van der Waals surface area contributed by atoms with Crippen molar-refractivity contribution >= 4 is 35.1 Å². The molecule has 2 amide bonds. The summed E-state index contributed by atoms with van der Waals surface area (Å²) in [5, 5.41) is 5.25. The molecule has 0 atom stereocenters. The van der Waals surface area contributed by atoms with Crippen LogP contribution in [0.3, 0.4) is 0 Å². The number of anilines is 2. The van der Waals surface area contributed by atoms with Gasteiger partial charge in [0.05, 0.1) is 18.1 Å². The molecule has 0 fully saturated rings. The molecule has 0 spiro atoms. The number of furan rings is 1. The maximum atomic E-state index is 12.0. The highest BCUT2D eigenvalue weighted by Gasteiger charge is 2.16. The summed E-state index contributed by atoms with van der Waals surface area (Å²) in [4.78, 5) is 31.5. The molecule has 3 rings (SSSR count). The second-order valence-corrected chi connectivity index (χ2v) is 4.68. The number of pyridine rings is 1. The zero-order valence-electron chi connectivity index (χ0n) is 11.4. The lowest BCUT2D eigenvalue weighted by atomic mass is 10.4. The second kappa shape index (κ2) is 6.32. The van der Waals surface area contributed by atoms with Crippen molar-refractivity contribution in [2.45, 2.75) is 0 Å². The summed E-state index contributed by atoms with van der Waals surface area (Å²) in [5.74, 6) is -0.955. The molecule has 0 aliphatic carbocycles. The SMILES string of the molecule is O=C(Nc1ccc(Cl)nc1)c1coc(NC(=O)c2ccco2)n1. The number of oxazole rings is 1. The third kappa shape index (κ3) is 3.55. The van der Waals surface area contributed by atoms with Crippen LogP contribution < -0.4 is 10.6 Å². The topological polar surface area (TPSA) is 110 Å². The van der Waals surface area contributed by atoms with Crippen LogP contribution in [-0.2, 0) is 0 Å². The number of nitrogens with zero attached hydrogens (tertiary/aromatic N) is 2. The molecule has 8 nitrogen and oxygen atoms in total. The van der Waals surface area contributed by atoms with E-state index in [0.717, 1.165) is 6.26 Å². The summed E-state index contributed by atoms with van der Waals surface area (Å²) in [5.41, 5.74) is 0.443. The maximum absolute atomic E-state index is 12.0. The van der Waals surface area contributed by atoms with E-state index in [-0.39, 0.29) is 17.5 Å². The number of carbonyl (C=O) groups is 2. The quantitative estimate of drug-likeness (QED) is 0.711. The second-order valence-electron chi connectivity index (χ2n) is 4.29. The molecular weight excluding hydrogens is 324 g/mol. The molecular formula is C14H9ClN4O4. The van der Waals surface area contributed by atoms with Gasteiger partial charge in [-0.15, -0.1) is 0 Å². The van der Waals surface area contributed by atoms with Crippen molar-refractivity contribution in [3.63, 3.8) is 0 Å². The fourth-order valence-electron chi connectivity index (χ4n) is 1.65. The molecule has 23 heavy (non-hydrogen) atoms. The molecule has 0 aromatic carbocycles. The number of carbonyl (C=O) groups excluding carboxylic acids is 2. The Kier molecular flexibility index (Phi) is 4.07. The number of hydrogen-bond donors (Lipinski definition) is 2. The first kappa shape index (κ1) is 14.8. The zero-order valence-corrected chi connectivity index (χ0v) is 12.2. The maximum Gasteiger partial charge on any atom is 0.302 e. The fraction of sp³-hybridized carbons (Fsp3) is 0. The summed E-state index contributed by atoms with van der Waals surface area (Å²) < 4.78 is 9.96. The van der Waals surface area contributed by atoms with Crippen molar-refractivity contribution in [3.8, 4) is 0 Å². The molecule has 0 aliphatic heterocycles. The average Bonchev–Trinajstić information content (AvgIpc) is 3.20. The van der Waals surface area contributed by atoms with E-state index >= 15 is 0 Å². The van der Waals surface area contributed by atoms with Crippen LogP contribution in [0.15, 0.2) is 51.8 Å². The molecule has 2 N–H and O–H groups in total. The molecule has 0 bridgehead atoms. The Morgan fingerprint density at radius 3 is 2.65 bits per heavy atom. The van der Waals surface area contributed by atoms with Gasteiger partial charge in [0.2, 0.25) is 0 Å². The van der Waals surface area contributed by atoms with Gasteiger partial charge in [-0.3, -0.25) is 14.9 Å². The van der Waals surface area contributed by atoms with Crippen molar-refractivity contribution < 1.29 is 18.4 Å². The number of halogens is 1. The van der Waals surface area contributed by atoms with E-state index in [1.54, 1.807) is 12.1 Å². The van der Waals surface area contributed by atoms with Crippen LogP contribution in [0.25, 0.3) is 0 Å². The van der Waals surface area contributed by atoms with Gasteiger partial charge in [-0.2, -0.15) is 4.98 Å². The van der Waals surface area contributed by atoms with Crippen molar-refractivity contribution in [2.24, 2.45) is 0 Å². The molecule has 3 aromatic heterocycles. The largest absolute Gasteiger partial charge is 0.459 e. The summed E-state index contributed by atoms with van der Waals surface area (Å²) in [6.07, 6.45) is 3.89. The molecule has 0 radical (unpaired) electrons. The Bertz CT molecular complexity index is 827. The summed E-state index contributed by atoms with van der Waals surface area (Å²) in [7, 11) is 0. The van der Waals surface area contributed by atoms with Crippen LogP contribution in [0, 0.1) is 0 Å². The summed E-state index contributed by atoms with van der Waals surface area (Å²) in [6.45, 7) is 0. The van der Waals surface area contributed by atoms with Gasteiger partial charge in [-0.05, 0) is 24.3 Å². The predicted octanol–water partition coefficient (Wildman–Crippen LogP) is 2.82. The van der Waals surface area contributed by atoms with Gasteiger partial charge in [0, 0.05) is 0 Å². The monoisotopic (exact) mass is 332 g/mol. The van der Waals surface area contributed by atoms with Gasteiger partial charge in [-0.1, -0.05) is 11.6 Å². The van der Waals surface area contributed by atoms with Gasteiger partial charge >= 0.3 is 6.01 Å². The van der Waals surface area contributed by atoms with E-state index in [9.17, 15) is 9.59 Å². The molecule has 3 aromatic rings. The van der Waals surface area contributed by atoms with E-state index in [1.807, 2.05) is 0 Å². The number of amides is 2. The van der Waals surface area contributed by atoms with Crippen molar-refractivity contribution in [3.05, 3.63) is 59.6 Å². The predicted molar refractivity (Wildman–Crippen MR) is 80.4 cm³/mol. The molecule has 116 valence electrons. The molecule has 0 unspecified atom stereocenters. The van der Waals surface area contributed by atoms with Crippen molar-refractivity contribution in [1.82, 2.24) is 9.97 Å². The Balaban J connectivity index is 1.65. The van der Waals surface area contributed by atoms with Crippen LogP contribution in [0.4, 0.5) is 11.7 Å². The van der Waals surface area contributed by atoms with E-state index in [4.69, 9.17) is 20.4 Å². The molecule has 3 heterocycles. The standard InChI is InChI=1S/C14H9ClN4O4/c15-11-4-3-8(6-16-11)17-12(20)9-7-23-14(18-9)19-13(21)10-2-1-5-22-10/h1-7H,(H,17,20)(H,18,19,21). The molecule has 0 aliphatic rings. The third-order valence-electron chi connectivity index (χ3n) is 2.69. The van der Waals surface area contributed by atoms with Crippen molar-refractivity contribution in [2.75, 3.05) is 10.6 Å². The van der Waals surface area contributed by atoms with Gasteiger partial charge in [0.25, 0.3) is 11.8 Å².